The Kier molecular flexibility index (Phi) is 5.09. The second-order valence-electron chi connectivity index (χ2n) is 5.63. The van der Waals surface area contributed by atoms with Crippen molar-refractivity contribution in [3.8, 4) is 5.75 Å². The van der Waals surface area contributed by atoms with Gasteiger partial charge in [0, 0.05) is 5.56 Å². The van der Waals surface area contributed by atoms with Gasteiger partial charge >= 0.3 is 0 Å². The monoisotopic (exact) mass is 354 g/mol. The number of rotatable bonds is 6. The van der Waals surface area contributed by atoms with E-state index in [1.807, 2.05) is 24.3 Å². The number of thiazole rings is 1. The predicted octanol–water partition coefficient (Wildman–Crippen LogP) is 3.58. The summed E-state index contributed by atoms with van der Waals surface area (Å²) in [6.45, 7) is 3.57. The molecule has 0 aliphatic heterocycles. The highest BCUT2D eigenvalue weighted by atomic mass is 32.1. The molecule has 3 rings (SSSR count). The highest BCUT2D eigenvalue weighted by Crippen LogP contribution is 2.21. The zero-order valence-electron chi connectivity index (χ0n) is 14.0. The lowest BCUT2D eigenvalue weighted by Crippen LogP contribution is -2.35. The molecule has 0 radical (unpaired) electrons. The minimum absolute atomic E-state index is 0.00632. The first-order valence-corrected chi connectivity index (χ1v) is 8.74. The smallest absolute Gasteiger partial charge is 0.261 e. The molecule has 1 aromatic heterocycles. The number of ether oxygens (including phenoxy) is 1. The van der Waals surface area contributed by atoms with Crippen LogP contribution in [0.2, 0.25) is 0 Å². The van der Waals surface area contributed by atoms with Gasteiger partial charge in [-0.2, -0.15) is 0 Å². The number of hydrogen-bond acceptors (Lipinski definition) is 5. The second-order valence-corrected chi connectivity index (χ2v) is 6.75. The Balaban J connectivity index is 1.56. The first-order chi connectivity index (χ1) is 12.0. The van der Waals surface area contributed by atoms with Crippen LogP contribution in [0.4, 0.5) is 0 Å². The van der Waals surface area contributed by atoms with Gasteiger partial charge in [0.05, 0.1) is 16.8 Å². The molecule has 6 heteroatoms. The van der Waals surface area contributed by atoms with Crippen LogP contribution in [0.3, 0.4) is 0 Å². The highest BCUT2D eigenvalue weighted by molar-refractivity contribution is 7.18. The summed E-state index contributed by atoms with van der Waals surface area (Å²) in [6, 6.07) is 14.6. The van der Waals surface area contributed by atoms with Crippen LogP contribution >= 0.6 is 11.3 Å². The van der Waals surface area contributed by atoms with Gasteiger partial charge in [-0.1, -0.05) is 12.1 Å². The molecule has 0 unspecified atom stereocenters. The summed E-state index contributed by atoms with van der Waals surface area (Å²) in [4.78, 5) is 27.9. The van der Waals surface area contributed by atoms with E-state index >= 15 is 0 Å². The van der Waals surface area contributed by atoms with Crippen LogP contribution < -0.4 is 10.1 Å². The second kappa shape index (κ2) is 7.44. The predicted molar refractivity (Wildman–Crippen MR) is 98.0 cm³/mol. The molecule has 0 spiro atoms. The summed E-state index contributed by atoms with van der Waals surface area (Å²) in [5, 5.41) is 3.69. The van der Waals surface area contributed by atoms with E-state index in [0.29, 0.717) is 17.9 Å². The zero-order chi connectivity index (χ0) is 17.8. The summed E-state index contributed by atoms with van der Waals surface area (Å²) in [7, 11) is 0. The van der Waals surface area contributed by atoms with E-state index in [1.165, 1.54) is 6.92 Å². The fourth-order valence-corrected chi connectivity index (χ4v) is 3.23. The molecule has 3 aromatic rings. The summed E-state index contributed by atoms with van der Waals surface area (Å²) >= 11 is 1.56. The average molecular weight is 354 g/mol. The van der Waals surface area contributed by atoms with Crippen molar-refractivity contribution in [1.82, 2.24) is 10.3 Å². The van der Waals surface area contributed by atoms with E-state index < -0.39 is 6.10 Å². The van der Waals surface area contributed by atoms with Crippen molar-refractivity contribution < 1.29 is 14.3 Å². The van der Waals surface area contributed by atoms with E-state index in [0.717, 1.165) is 15.2 Å². The number of aromatic nitrogens is 1. The Bertz CT molecular complexity index is 869. The minimum Gasteiger partial charge on any atom is -0.481 e. The van der Waals surface area contributed by atoms with Crippen molar-refractivity contribution in [2.75, 3.05) is 0 Å². The van der Waals surface area contributed by atoms with Crippen LogP contribution in [-0.2, 0) is 11.3 Å². The van der Waals surface area contributed by atoms with Gasteiger partial charge < -0.3 is 10.1 Å². The van der Waals surface area contributed by atoms with Gasteiger partial charge in [0.25, 0.3) is 5.91 Å². The number of nitrogens with one attached hydrogen (secondary N) is 1. The average Bonchev–Trinajstić information content (AvgIpc) is 3.03. The van der Waals surface area contributed by atoms with Crippen molar-refractivity contribution in [3.05, 3.63) is 59.1 Å². The number of fused-ring (bicyclic) bond motifs is 1. The third kappa shape index (κ3) is 4.22. The number of para-hydroxylation sites is 1. The topological polar surface area (TPSA) is 68.3 Å². The van der Waals surface area contributed by atoms with Gasteiger partial charge in [-0.25, -0.2) is 4.98 Å². The van der Waals surface area contributed by atoms with Crippen LogP contribution in [0.1, 0.15) is 29.2 Å². The van der Waals surface area contributed by atoms with Crippen LogP contribution in [0.15, 0.2) is 48.5 Å². The fraction of sp³-hybridized carbons (Fsp3) is 0.211. The number of hydrogen-bond donors (Lipinski definition) is 1. The van der Waals surface area contributed by atoms with Crippen LogP contribution in [-0.4, -0.2) is 22.8 Å². The molecule has 0 aliphatic carbocycles. The van der Waals surface area contributed by atoms with Gasteiger partial charge in [0.2, 0.25) is 0 Å². The standard InChI is InChI=1S/C19H18N2O3S/c1-12(22)14-7-9-15(10-8-14)24-13(2)19(23)20-11-18-21-16-5-3-4-6-17(16)25-18/h3-10,13H,11H2,1-2H3,(H,20,23)/t13-/m0/s1. The Morgan fingerprint density at radius 1 is 1.16 bits per heavy atom. The number of ketones is 1. The molecule has 5 nitrogen and oxygen atoms in total. The number of carbonyl (C=O) groups is 2. The highest BCUT2D eigenvalue weighted by Gasteiger charge is 2.15. The first kappa shape index (κ1) is 17.1. The van der Waals surface area contributed by atoms with Crippen LogP contribution in [0.5, 0.6) is 5.75 Å². The third-order valence-corrected chi connectivity index (χ3v) is 4.73. The SMILES string of the molecule is CC(=O)c1ccc(O[C@@H](C)C(=O)NCc2nc3ccccc3s2)cc1. The van der Waals surface area contributed by atoms with Crippen LogP contribution in [0, 0.1) is 0 Å². The van der Waals surface area contributed by atoms with Crippen molar-refractivity contribution in [2.45, 2.75) is 26.5 Å². The van der Waals surface area contributed by atoms with E-state index in [4.69, 9.17) is 4.74 Å². The first-order valence-electron chi connectivity index (χ1n) is 7.93. The van der Waals surface area contributed by atoms with E-state index in [-0.39, 0.29) is 11.7 Å². The quantitative estimate of drug-likeness (QED) is 0.687. The molecule has 1 atom stereocenters. The molecule has 1 heterocycles. The molecular weight excluding hydrogens is 336 g/mol. The Labute approximate surface area is 149 Å². The van der Waals surface area contributed by atoms with Gasteiger partial charge in [-0.3, -0.25) is 9.59 Å². The van der Waals surface area contributed by atoms with E-state index in [2.05, 4.69) is 10.3 Å². The molecule has 0 aliphatic rings. The molecular formula is C19H18N2O3S. The largest absolute Gasteiger partial charge is 0.481 e. The van der Waals surface area contributed by atoms with E-state index in [1.54, 1.807) is 42.5 Å². The maximum Gasteiger partial charge on any atom is 0.261 e. The third-order valence-electron chi connectivity index (χ3n) is 3.69. The molecule has 2 aromatic carbocycles. The number of Topliss-reactive ketones (excluding diaryl/α,β-unsaturated/α-hetero) is 1. The summed E-state index contributed by atoms with van der Waals surface area (Å²) in [5.41, 5.74) is 1.55. The molecule has 1 N–H and O–H groups in total. The maximum absolute atomic E-state index is 12.2. The Hall–Kier alpha value is -2.73. The lowest BCUT2D eigenvalue weighted by atomic mass is 10.1. The summed E-state index contributed by atoms with van der Waals surface area (Å²) in [6.07, 6.45) is -0.641. The van der Waals surface area contributed by atoms with Crippen molar-refractivity contribution in [2.24, 2.45) is 0 Å². The number of amides is 1. The van der Waals surface area contributed by atoms with Gasteiger partial charge in [-0.05, 0) is 50.2 Å². The lowest BCUT2D eigenvalue weighted by Gasteiger charge is -2.14. The zero-order valence-corrected chi connectivity index (χ0v) is 14.8. The molecule has 128 valence electrons. The summed E-state index contributed by atoms with van der Waals surface area (Å²) < 4.78 is 6.72. The minimum atomic E-state index is -0.641. The molecule has 0 bridgehead atoms. The van der Waals surface area contributed by atoms with Gasteiger partial charge in [0.1, 0.15) is 10.8 Å². The van der Waals surface area contributed by atoms with E-state index in [9.17, 15) is 9.59 Å². The van der Waals surface area contributed by atoms with Crippen molar-refractivity contribution in [3.63, 3.8) is 0 Å². The van der Waals surface area contributed by atoms with Gasteiger partial charge in [0.15, 0.2) is 11.9 Å². The van der Waals surface area contributed by atoms with Crippen molar-refractivity contribution >= 4 is 33.2 Å². The molecule has 0 saturated carbocycles. The normalized spacial score (nSPS) is 11.9. The molecule has 0 saturated heterocycles. The summed E-state index contributed by atoms with van der Waals surface area (Å²) in [5.74, 6) is 0.329. The number of benzene rings is 2. The Morgan fingerprint density at radius 2 is 1.88 bits per heavy atom. The maximum atomic E-state index is 12.2. The Morgan fingerprint density at radius 3 is 2.56 bits per heavy atom. The lowest BCUT2D eigenvalue weighted by molar-refractivity contribution is -0.127. The van der Waals surface area contributed by atoms with Gasteiger partial charge in [-0.15, -0.1) is 11.3 Å². The number of carbonyl (C=O) groups excluding carboxylic acids is 2. The fourth-order valence-electron chi connectivity index (χ4n) is 2.33. The molecule has 1 amide bonds. The van der Waals surface area contributed by atoms with Crippen LogP contribution in [0.25, 0.3) is 10.2 Å². The number of nitrogens with zero attached hydrogens (tertiary/aromatic N) is 1. The van der Waals surface area contributed by atoms with Crippen molar-refractivity contribution in [1.29, 1.82) is 0 Å². The molecule has 25 heavy (non-hydrogen) atoms. The molecule has 0 fully saturated rings.